The molecule has 2 rings (SSSR count). The summed E-state index contributed by atoms with van der Waals surface area (Å²) in [4.78, 5) is 23.9. The van der Waals surface area contributed by atoms with Gasteiger partial charge < -0.3 is 24.6 Å². The largest absolute Gasteiger partial charge is 0.490 e. The minimum absolute atomic E-state index is 0.289. The number of aliphatic imine (C=N–C) groups is 1. The molecule has 0 aliphatic carbocycles. The van der Waals surface area contributed by atoms with Gasteiger partial charge in [0.15, 0.2) is 11.6 Å². The lowest BCUT2D eigenvalue weighted by Gasteiger charge is -2.35. The van der Waals surface area contributed by atoms with E-state index in [1.54, 1.807) is 6.92 Å². The van der Waals surface area contributed by atoms with Crippen LogP contribution >= 0.6 is 0 Å². The average Bonchev–Trinajstić information content (AvgIpc) is 3.05. The highest BCUT2D eigenvalue weighted by atomic mass is 16.5. The van der Waals surface area contributed by atoms with Crippen LogP contribution in [0.2, 0.25) is 0 Å². The number of carbonyl (C=O) groups excluding carboxylic acids is 1. The lowest BCUT2D eigenvalue weighted by Crippen LogP contribution is -2.49. The second-order valence-corrected chi connectivity index (χ2v) is 12.3. The van der Waals surface area contributed by atoms with Gasteiger partial charge in [0, 0.05) is 68.6 Å². The SMILES string of the molecule is CC.CC/C=C(OCC)/C(=N\C(C)=C(/C)CC)N(C)/C=C(\C)CCC.CCCC(C)=O.CCCc1c(N2CCNC(C)C2)ccnc1C. The topological polar surface area (TPSA) is 70.1 Å². The molecule has 1 aromatic heterocycles. The number of rotatable bonds is 14. The van der Waals surface area contributed by atoms with E-state index in [1.807, 2.05) is 33.9 Å². The van der Waals surface area contributed by atoms with Crippen molar-refractivity contribution in [3.63, 3.8) is 0 Å². The number of carbonyl (C=O) groups is 1. The van der Waals surface area contributed by atoms with Gasteiger partial charge in [-0.25, -0.2) is 4.99 Å². The Bertz CT molecular complexity index is 1140. The molecule has 7 heteroatoms. The molecule has 0 amide bonds. The van der Waals surface area contributed by atoms with Gasteiger partial charge in [-0.05, 0) is 98.3 Å². The van der Waals surface area contributed by atoms with Crippen molar-refractivity contribution in [2.45, 2.75) is 154 Å². The first kappa shape index (κ1) is 47.2. The first-order valence-electron chi connectivity index (χ1n) is 18.8. The molecule has 1 aliphatic rings. The Morgan fingerprint density at radius 1 is 1.06 bits per heavy atom. The third kappa shape index (κ3) is 19.8. The van der Waals surface area contributed by atoms with E-state index in [-0.39, 0.29) is 5.78 Å². The molecule has 1 unspecified atom stereocenters. The molecule has 1 atom stereocenters. The van der Waals surface area contributed by atoms with Crippen molar-refractivity contribution in [1.82, 2.24) is 15.2 Å². The standard InChI is InChI=1S/C20H36N2O.C14H23N3.C5H10O.C2H6/c1-9-13-16(5)15-22(8)20(19(14-10-2)23-12-4)21-18(7)17(6)11-3;1-4-5-13-12(3)16-7-6-14(13)17-9-8-15-11(2)10-17;1-3-4-5(2)6;1-2/h14-15H,9-13H2,1-8H3;6-7,11,15H,4-5,8-10H2,1-3H3;3-4H2,1-2H3;1-2H3/b16-15+,18-17+,19-14-,21-20+;;;. The van der Waals surface area contributed by atoms with Gasteiger partial charge in [-0.3, -0.25) is 4.98 Å². The summed E-state index contributed by atoms with van der Waals surface area (Å²) in [5.41, 5.74) is 7.74. The highest BCUT2D eigenvalue weighted by molar-refractivity contribution is 5.97. The maximum atomic E-state index is 10.0. The maximum absolute atomic E-state index is 10.0. The van der Waals surface area contributed by atoms with Crippen LogP contribution in [0.25, 0.3) is 0 Å². The number of piperazine rings is 1. The number of nitrogens with zero attached hydrogens (tertiary/aromatic N) is 4. The van der Waals surface area contributed by atoms with Gasteiger partial charge in [0.05, 0.1) is 6.61 Å². The minimum atomic E-state index is 0.289. The molecule has 1 aromatic rings. The lowest BCUT2D eigenvalue weighted by molar-refractivity contribution is -0.117. The monoisotopic (exact) mass is 670 g/mol. The number of anilines is 1. The molecule has 0 saturated carbocycles. The fourth-order valence-electron chi connectivity index (χ4n) is 5.17. The van der Waals surface area contributed by atoms with Gasteiger partial charge in [-0.15, -0.1) is 0 Å². The van der Waals surface area contributed by atoms with Crippen LogP contribution in [-0.2, 0) is 16.0 Å². The van der Waals surface area contributed by atoms with Gasteiger partial charge in [0.2, 0.25) is 0 Å². The van der Waals surface area contributed by atoms with E-state index in [0.29, 0.717) is 12.6 Å². The lowest BCUT2D eigenvalue weighted by atomic mass is 10.0. The zero-order chi connectivity index (χ0) is 37.1. The number of allylic oxidation sites excluding steroid dienone is 4. The number of ether oxygens (including phenoxy) is 1. The summed E-state index contributed by atoms with van der Waals surface area (Å²) in [5, 5.41) is 3.49. The summed E-state index contributed by atoms with van der Waals surface area (Å²) in [6.45, 7) is 33.0. The normalized spacial score (nSPS) is 15.5. The van der Waals surface area contributed by atoms with Crippen LogP contribution in [0.4, 0.5) is 5.69 Å². The third-order valence-corrected chi connectivity index (χ3v) is 7.78. The number of hydrogen-bond acceptors (Lipinski definition) is 6. The number of aryl methyl sites for hydroxylation is 1. The molecule has 2 heterocycles. The van der Waals surface area contributed by atoms with E-state index in [9.17, 15) is 4.79 Å². The maximum Gasteiger partial charge on any atom is 0.175 e. The van der Waals surface area contributed by atoms with Gasteiger partial charge in [-0.2, -0.15) is 0 Å². The number of likely N-dealkylation sites (N-methyl/N-ethyl adjacent to an activating group) is 1. The van der Waals surface area contributed by atoms with E-state index in [2.05, 4.69) is 108 Å². The van der Waals surface area contributed by atoms with E-state index in [0.717, 1.165) is 81.9 Å². The highest BCUT2D eigenvalue weighted by Gasteiger charge is 2.19. The quantitative estimate of drug-likeness (QED) is 0.121. The summed E-state index contributed by atoms with van der Waals surface area (Å²) in [7, 11) is 2.05. The van der Waals surface area contributed by atoms with Crippen molar-refractivity contribution in [3.05, 3.63) is 58.4 Å². The summed E-state index contributed by atoms with van der Waals surface area (Å²) < 4.78 is 5.86. The Morgan fingerprint density at radius 2 is 1.71 bits per heavy atom. The molecule has 1 saturated heterocycles. The number of Topliss-reactive ketones (excluding diaryl/α,β-unsaturated/α-hetero) is 1. The molecule has 0 radical (unpaired) electrons. The first-order chi connectivity index (χ1) is 22.9. The van der Waals surface area contributed by atoms with Gasteiger partial charge >= 0.3 is 0 Å². The highest BCUT2D eigenvalue weighted by Crippen LogP contribution is 2.25. The third-order valence-electron chi connectivity index (χ3n) is 7.78. The number of pyridine rings is 1. The predicted molar refractivity (Wildman–Crippen MR) is 212 cm³/mol. The molecule has 276 valence electrons. The van der Waals surface area contributed by atoms with Crippen molar-refractivity contribution >= 4 is 17.3 Å². The molecule has 48 heavy (non-hydrogen) atoms. The smallest absolute Gasteiger partial charge is 0.175 e. The summed E-state index contributed by atoms with van der Waals surface area (Å²) in [6, 6.07) is 2.75. The van der Waals surface area contributed by atoms with Crippen LogP contribution in [0.15, 0.2) is 52.1 Å². The van der Waals surface area contributed by atoms with Crippen LogP contribution in [0.3, 0.4) is 0 Å². The molecule has 1 N–H and O–H groups in total. The van der Waals surface area contributed by atoms with Crippen LogP contribution in [0.5, 0.6) is 0 Å². The zero-order valence-corrected chi connectivity index (χ0v) is 34.0. The summed E-state index contributed by atoms with van der Waals surface area (Å²) >= 11 is 0. The number of hydrogen-bond donors (Lipinski definition) is 1. The van der Waals surface area contributed by atoms with Crippen molar-refractivity contribution in [3.8, 4) is 0 Å². The average molecular weight is 670 g/mol. The van der Waals surface area contributed by atoms with Crippen LogP contribution in [0, 0.1) is 6.92 Å². The molecule has 1 fully saturated rings. The Morgan fingerprint density at radius 3 is 2.19 bits per heavy atom. The van der Waals surface area contributed by atoms with Crippen molar-refractivity contribution in [2.24, 2.45) is 4.99 Å². The second kappa shape index (κ2) is 29.0. The summed E-state index contributed by atoms with van der Waals surface area (Å²) in [6.07, 6.45) is 14.4. The van der Waals surface area contributed by atoms with Crippen LogP contribution < -0.4 is 10.2 Å². The molecule has 0 aromatic carbocycles. The summed E-state index contributed by atoms with van der Waals surface area (Å²) in [5.74, 6) is 2.04. The predicted octanol–water partition coefficient (Wildman–Crippen LogP) is 10.6. The van der Waals surface area contributed by atoms with E-state index in [4.69, 9.17) is 9.73 Å². The Labute approximate surface area is 297 Å². The Hall–Kier alpha value is -2.93. The molecular formula is C41H75N5O2. The van der Waals surface area contributed by atoms with Crippen molar-refractivity contribution < 1.29 is 9.53 Å². The molecule has 0 bridgehead atoms. The van der Waals surface area contributed by atoms with Crippen LogP contribution in [0.1, 0.15) is 146 Å². The molecular weight excluding hydrogens is 594 g/mol. The molecule has 1 aliphatic heterocycles. The number of ketones is 1. The molecule has 0 spiro atoms. The second-order valence-electron chi connectivity index (χ2n) is 12.3. The number of aromatic nitrogens is 1. The minimum Gasteiger partial charge on any atom is -0.490 e. The molecule has 7 nitrogen and oxygen atoms in total. The van der Waals surface area contributed by atoms with Gasteiger partial charge in [-0.1, -0.05) is 72.5 Å². The fourth-order valence-corrected chi connectivity index (χ4v) is 5.17. The van der Waals surface area contributed by atoms with Crippen molar-refractivity contribution in [2.75, 3.05) is 38.2 Å². The first-order valence-corrected chi connectivity index (χ1v) is 18.8. The van der Waals surface area contributed by atoms with E-state index < -0.39 is 0 Å². The zero-order valence-electron chi connectivity index (χ0n) is 34.0. The van der Waals surface area contributed by atoms with Crippen LogP contribution in [-0.4, -0.2) is 60.8 Å². The Kier molecular flexibility index (Phi) is 28.5. The Balaban J connectivity index is 0. The van der Waals surface area contributed by atoms with E-state index in [1.165, 1.54) is 34.5 Å². The fraction of sp³-hybridized carbons (Fsp3) is 0.683. The number of amidine groups is 1. The number of nitrogens with one attached hydrogen (secondary N) is 1. The van der Waals surface area contributed by atoms with Gasteiger partial charge in [0.1, 0.15) is 5.78 Å². The van der Waals surface area contributed by atoms with Gasteiger partial charge in [0.25, 0.3) is 0 Å². The van der Waals surface area contributed by atoms with Crippen molar-refractivity contribution in [1.29, 1.82) is 0 Å². The van der Waals surface area contributed by atoms with E-state index >= 15 is 0 Å².